The molecule has 2 aromatic heterocycles. The molecule has 0 bridgehead atoms. The Morgan fingerprint density at radius 3 is 2.81 bits per heavy atom. The van der Waals surface area contributed by atoms with E-state index in [2.05, 4.69) is 12.2 Å². The molecule has 0 saturated carbocycles. The van der Waals surface area contributed by atoms with Crippen LogP contribution in [0.3, 0.4) is 0 Å². The van der Waals surface area contributed by atoms with Gasteiger partial charge < -0.3 is 5.32 Å². The van der Waals surface area contributed by atoms with Crippen LogP contribution in [0.2, 0.25) is 0 Å². The zero-order valence-electron chi connectivity index (χ0n) is 16.5. The van der Waals surface area contributed by atoms with E-state index in [9.17, 15) is 9.59 Å². The molecule has 1 aliphatic rings. The number of hydrogen-bond acceptors (Lipinski definition) is 5. The first-order valence-corrected chi connectivity index (χ1v) is 11.8. The lowest BCUT2D eigenvalue weighted by Crippen LogP contribution is -2.32. The van der Waals surface area contributed by atoms with Gasteiger partial charge in [-0.2, -0.15) is 0 Å². The van der Waals surface area contributed by atoms with E-state index in [1.165, 1.54) is 28.6 Å². The molecule has 1 N–H and O–H groups in total. The highest BCUT2D eigenvalue weighted by atomic mass is 32.2. The fraction of sp³-hybridized carbons (Fsp3) is 0.650. The molecule has 0 radical (unpaired) electrons. The molecule has 5 nitrogen and oxygen atoms in total. The summed E-state index contributed by atoms with van der Waals surface area (Å²) in [5.74, 6) is -0.0116. The standard InChI is InChI=1S/C20H29N3O2S2/c1-4-6-9-12-23-19(25)16-14-10-7-8-11-15(14)27-18(16)22-20(23)26-13(3)17(24)21-5-2/h13H,4-12H2,1-3H3,(H,21,24)/t13-/m1/s1. The molecule has 7 heteroatoms. The summed E-state index contributed by atoms with van der Waals surface area (Å²) in [5.41, 5.74) is 1.32. The topological polar surface area (TPSA) is 64.0 Å². The van der Waals surface area contributed by atoms with E-state index in [-0.39, 0.29) is 16.7 Å². The summed E-state index contributed by atoms with van der Waals surface area (Å²) in [6.07, 6.45) is 7.54. The second kappa shape index (κ2) is 9.24. The predicted octanol–water partition coefficient (Wildman–Crippen LogP) is 4.14. The monoisotopic (exact) mass is 407 g/mol. The second-order valence-corrected chi connectivity index (χ2v) is 9.50. The van der Waals surface area contributed by atoms with Crippen molar-refractivity contribution in [1.29, 1.82) is 0 Å². The smallest absolute Gasteiger partial charge is 0.263 e. The molecule has 0 aliphatic heterocycles. The second-order valence-electron chi connectivity index (χ2n) is 7.10. The van der Waals surface area contributed by atoms with Crippen molar-refractivity contribution in [2.24, 2.45) is 0 Å². The molecule has 27 heavy (non-hydrogen) atoms. The van der Waals surface area contributed by atoms with Crippen molar-refractivity contribution in [3.8, 4) is 0 Å². The zero-order chi connectivity index (χ0) is 19.4. The summed E-state index contributed by atoms with van der Waals surface area (Å²) in [6, 6.07) is 0. The molecular formula is C20H29N3O2S2. The Morgan fingerprint density at radius 1 is 1.30 bits per heavy atom. The summed E-state index contributed by atoms with van der Waals surface area (Å²) in [5, 5.41) is 4.10. The van der Waals surface area contributed by atoms with Crippen molar-refractivity contribution in [2.45, 2.75) is 82.7 Å². The van der Waals surface area contributed by atoms with E-state index in [1.54, 1.807) is 11.3 Å². The van der Waals surface area contributed by atoms with E-state index in [0.29, 0.717) is 18.2 Å². The van der Waals surface area contributed by atoms with Gasteiger partial charge in [0.2, 0.25) is 5.91 Å². The van der Waals surface area contributed by atoms with Crippen molar-refractivity contribution in [2.75, 3.05) is 6.54 Å². The number of nitrogens with zero attached hydrogens (tertiary/aromatic N) is 2. The van der Waals surface area contributed by atoms with Gasteiger partial charge in [0, 0.05) is 18.0 Å². The summed E-state index contributed by atoms with van der Waals surface area (Å²) in [4.78, 5) is 32.6. The van der Waals surface area contributed by atoms with Crippen LogP contribution in [0, 0.1) is 0 Å². The zero-order valence-corrected chi connectivity index (χ0v) is 18.1. The van der Waals surface area contributed by atoms with Crippen LogP contribution in [-0.4, -0.2) is 27.3 Å². The fourth-order valence-corrected chi connectivity index (χ4v) is 5.82. The van der Waals surface area contributed by atoms with E-state index in [1.807, 2.05) is 18.4 Å². The number of thiophene rings is 1. The van der Waals surface area contributed by atoms with Gasteiger partial charge in [0.25, 0.3) is 5.56 Å². The van der Waals surface area contributed by atoms with Gasteiger partial charge >= 0.3 is 0 Å². The summed E-state index contributed by atoms with van der Waals surface area (Å²) in [7, 11) is 0. The number of amides is 1. The number of nitrogens with one attached hydrogen (secondary N) is 1. The van der Waals surface area contributed by atoms with Crippen LogP contribution in [0.4, 0.5) is 0 Å². The van der Waals surface area contributed by atoms with Crippen LogP contribution in [0.15, 0.2) is 9.95 Å². The third-order valence-electron chi connectivity index (χ3n) is 5.03. The van der Waals surface area contributed by atoms with Crippen molar-refractivity contribution >= 4 is 39.2 Å². The number of rotatable bonds is 8. The number of carbonyl (C=O) groups excluding carboxylic acids is 1. The molecule has 0 spiro atoms. The van der Waals surface area contributed by atoms with E-state index in [0.717, 1.165) is 48.7 Å². The maximum absolute atomic E-state index is 13.4. The molecule has 2 heterocycles. The minimum Gasteiger partial charge on any atom is -0.355 e. The van der Waals surface area contributed by atoms with Crippen LogP contribution in [0.25, 0.3) is 10.2 Å². The lowest BCUT2D eigenvalue weighted by molar-refractivity contribution is -0.120. The Hall–Kier alpha value is -1.34. The van der Waals surface area contributed by atoms with E-state index >= 15 is 0 Å². The number of hydrogen-bond donors (Lipinski definition) is 1. The third-order valence-corrected chi connectivity index (χ3v) is 7.30. The van der Waals surface area contributed by atoms with Crippen LogP contribution < -0.4 is 10.9 Å². The first kappa shape index (κ1) is 20.4. The summed E-state index contributed by atoms with van der Waals surface area (Å²) < 4.78 is 1.82. The van der Waals surface area contributed by atoms with Crippen LogP contribution in [0.1, 0.15) is 63.3 Å². The molecule has 0 unspecified atom stereocenters. The Morgan fingerprint density at radius 2 is 2.07 bits per heavy atom. The van der Waals surface area contributed by atoms with Gasteiger partial charge in [0.15, 0.2) is 5.16 Å². The van der Waals surface area contributed by atoms with Gasteiger partial charge in [0.1, 0.15) is 4.83 Å². The molecule has 0 fully saturated rings. The maximum atomic E-state index is 13.4. The normalized spacial score (nSPS) is 14.9. The largest absolute Gasteiger partial charge is 0.355 e. The number of aryl methyl sites for hydroxylation is 2. The summed E-state index contributed by atoms with van der Waals surface area (Å²) in [6.45, 7) is 7.23. The summed E-state index contributed by atoms with van der Waals surface area (Å²) >= 11 is 3.07. The average Bonchev–Trinajstić information content (AvgIpc) is 3.02. The van der Waals surface area contributed by atoms with Crippen LogP contribution in [0.5, 0.6) is 0 Å². The average molecular weight is 408 g/mol. The molecule has 3 rings (SSSR count). The highest BCUT2D eigenvalue weighted by molar-refractivity contribution is 8.00. The van der Waals surface area contributed by atoms with Crippen LogP contribution in [-0.2, 0) is 24.2 Å². The SMILES string of the molecule is CCCCCn1c(S[C@H](C)C(=O)NCC)nc2sc3c(c2c1=O)CCCC3. The van der Waals surface area contributed by atoms with Crippen molar-refractivity contribution in [3.63, 3.8) is 0 Å². The highest BCUT2D eigenvalue weighted by Gasteiger charge is 2.24. The Labute approximate surface area is 169 Å². The third kappa shape index (κ3) is 4.40. The minimum atomic E-state index is -0.277. The Bertz CT molecular complexity index is 872. The fourth-order valence-electron chi connectivity index (χ4n) is 3.56. The minimum absolute atomic E-state index is 0.0116. The van der Waals surface area contributed by atoms with Gasteiger partial charge in [-0.05, 0) is 51.5 Å². The number of carbonyl (C=O) groups is 1. The van der Waals surface area contributed by atoms with Gasteiger partial charge in [0.05, 0.1) is 10.6 Å². The lowest BCUT2D eigenvalue weighted by Gasteiger charge is -2.16. The first-order chi connectivity index (χ1) is 13.1. The van der Waals surface area contributed by atoms with Crippen molar-refractivity contribution in [3.05, 3.63) is 20.8 Å². The van der Waals surface area contributed by atoms with Crippen LogP contribution >= 0.6 is 23.1 Å². The molecule has 148 valence electrons. The Balaban J connectivity index is 2.03. The maximum Gasteiger partial charge on any atom is 0.263 e. The number of aromatic nitrogens is 2. The molecule has 0 aromatic carbocycles. The van der Waals surface area contributed by atoms with Gasteiger partial charge in [-0.15, -0.1) is 11.3 Å². The van der Waals surface area contributed by atoms with Gasteiger partial charge in [-0.1, -0.05) is 31.5 Å². The number of fused-ring (bicyclic) bond motifs is 3. The quantitative estimate of drug-likeness (QED) is 0.406. The molecule has 1 amide bonds. The number of unbranched alkanes of at least 4 members (excludes halogenated alkanes) is 2. The molecule has 1 aliphatic carbocycles. The first-order valence-electron chi connectivity index (χ1n) is 10.1. The molecule has 2 aromatic rings. The van der Waals surface area contributed by atoms with Crippen molar-refractivity contribution < 1.29 is 4.79 Å². The van der Waals surface area contributed by atoms with Crippen molar-refractivity contribution in [1.82, 2.24) is 14.9 Å². The molecular weight excluding hydrogens is 378 g/mol. The molecule has 1 atom stereocenters. The van der Waals surface area contributed by atoms with E-state index in [4.69, 9.17) is 4.98 Å². The van der Waals surface area contributed by atoms with Gasteiger partial charge in [-0.3, -0.25) is 14.2 Å². The Kier molecular flexibility index (Phi) is 6.98. The molecule has 0 saturated heterocycles. The number of thioether (sulfide) groups is 1. The van der Waals surface area contributed by atoms with E-state index < -0.39 is 0 Å². The lowest BCUT2D eigenvalue weighted by atomic mass is 9.97. The highest BCUT2D eigenvalue weighted by Crippen LogP contribution is 2.35. The van der Waals surface area contributed by atoms with Gasteiger partial charge in [-0.25, -0.2) is 4.98 Å². The predicted molar refractivity (Wildman–Crippen MR) is 114 cm³/mol.